The first-order valence-corrected chi connectivity index (χ1v) is 15.5. The third-order valence-electron chi connectivity index (χ3n) is 7.31. The van der Waals surface area contributed by atoms with Crippen LogP contribution in [-0.4, -0.2) is 87.3 Å². The average Bonchev–Trinajstić information content (AvgIpc) is 3.30. The number of aliphatic hydroxyl groups excluding tert-OH is 1. The van der Waals surface area contributed by atoms with Gasteiger partial charge < -0.3 is 45.3 Å². The summed E-state index contributed by atoms with van der Waals surface area (Å²) in [6.07, 6.45) is 2.05. The van der Waals surface area contributed by atoms with Crippen LogP contribution in [0.4, 0.5) is 15.8 Å². The predicted octanol–water partition coefficient (Wildman–Crippen LogP) is 3.80. The molecule has 11 heteroatoms. The van der Waals surface area contributed by atoms with Crippen LogP contribution in [0.5, 0.6) is 5.75 Å². The molecule has 0 saturated carbocycles. The topological polar surface area (TPSA) is 122 Å². The van der Waals surface area contributed by atoms with Gasteiger partial charge in [-0.3, -0.25) is 0 Å². The molecule has 3 aromatic rings. The number of benzene rings is 2. The van der Waals surface area contributed by atoms with Gasteiger partial charge in [-0.2, -0.15) is 0 Å². The molecule has 1 atom stereocenters. The Morgan fingerprint density at radius 3 is 2.62 bits per heavy atom. The molecule has 0 spiro atoms. The van der Waals surface area contributed by atoms with Gasteiger partial charge in [-0.1, -0.05) is 25.3 Å². The van der Waals surface area contributed by atoms with Crippen LogP contribution in [0.25, 0.3) is 10.9 Å². The average molecular weight is 601 g/mol. The summed E-state index contributed by atoms with van der Waals surface area (Å²) in [5, 5.41) is 45.8. The SMILES string of the molecule is CCCC(O)CN1CCC(Nc2cccc3c2cc(C#CCNc2ccc(SC)cc2OC(O)(O)O)n3CCF)CC1. The van der Waals surface area contributed by atoms with E-state index < -0.39 is 12.8 Å². The Bertz CT molecular complexity index is 1380. The van der Waals surface area contributed by atoms with Crippen molar-refractivity contribution in [2.45, 2.75) is 62.4 Å². The summed E-state index contributed by atoms with van der Waals surface area (Å²) in [6, 6.07) is 13.4. The van der Waals surface area contributed by atoms with Crippen LogP contribution < -0.4 is 15.4 Å². The Morgan fingerprint density at radius 1 is 1.14 bits per heavy atom. The molecule has 4 rings (SSSR count). The van der Waals surface area contributed by atoms with E-state index in [2.05, 4.69) is 34.3 Å². The fourth-order valence-corrected chi connectivity index (χ4v) is 5.75. The molecule has 0 aliphatic carbocycles. The number of aromatic nitrogens is 1. The molecule has 6 N–H and O–H groups in total. The van der Waals surface area contributed by atoms with Crippen molar-refractivity contribution >= 4 is 34.0 Å². The van der Waals surface area contributed by atoms with Crippen LogP contribution in [0.3, 0.4) is 0 Å². The molecule has 2 aromatic carbocycles. The minimum absolute atomic E-state index is 0.0568. The third-order valence-corrected chi connectivity index (χ3v) is 8.04. The van der Waals surface area contributed by atoms with Gasteiger partial charge >= 0.3 is 6.16 Å². The van der Waals surface area contributed by atoms with Crippen molar-refractivity contribution in [3.8, 4) is 17.6 Å². The van der Waals surface area contributed by atoms with E-state index in [9.17, 15) is 24.8 Å². The Morgan fingerprint density at radius 2 is 1.93 bits per heavy atom. The smallest absolute Gasteiger partial charge is 0.415 e. The number of halogens is 1. The van der Waals surface area contributed by atoms with Crippen molar-refractivity contribution in [2.24, 2.45) is 0 Å². The number of likely N-dealkylation sites (tertiary alicyclic amines) is 1. The van der Waals surface area contributed by atoms with Crippen molar-refractivity contribution in [3.05, 3.63) is 48.2 Å². The number of rotatable bonds is 13. The minimum atomic E-state index is -3.31. The minimum Gasteiger partial charge on any atom is -0.415 e. The molecule has 1 unspecified atom stereocenters. The van der Waals surface area contributed by atoms with Crippen LogP contribution in [-0.2, 0) is 6.54 Å². The lowest BCUT2D eigenvalue weighted by molar-refractivity contribution is -0.419. The molecule has 42 heavy (non-hydrogen) atoms. The first-order chi connectivity index (χ1) is 20.2. The lowest BCUT2D eigenvalue weighted by Gasteiger charge is -2.34. The zero-order chi connectivity index (χ0) is 30.1. The van der Waals surface area contributed by atoms with E-state index in [4.69, 9.17) is 4.74 Å². The number of hydrogen-bond acceptors (Lipinski definition) is 9. The normalized spacial score (nSPS) is 15.3. The van der Waals surface area contributed by atoms with Gasteiger partial charge in [0.1, 0.15) is 6.67 Å². The second kappa shape index (κ2) is 15.0. The molecule has 0 radical (unpaired) electrons. The zero-order valence-corrected chi connectivity index (χ0v) is 25.0. The number of piperidine rings is 1. The number of nitrogens with zero attached hydrogens (tertiary/aromatic N) is 2. The summed E-state index contributed by atoms with van der Waals surface area (Å²) in [7, 11) is 0. The number of ether oxygens (including phenoxy) is 1. The van der Waals surface area contributed by atoms with Crippen molar-refractivity contribution in [1.82, 2.24) is 9.47 Å². The quantitative estimate of drug-likeness (QED) is 0.0988. The summed E-state index contributed by atoms with van der Waals surface area (Å²) < 4.78 is 20.3. The molecule has 1 aromatic heterocycles. The number of hydrogen-bond donors (Lipinski definition) is 6. The molecule has 228 valence electrons. The molecule has 0 amide bonds. The molecule has 1 fully saturated rings. The largest absolute Gasteiger partial charge is 0.453 e. The van der Waals surface area contributed by atoms with Gasteiger partial charge in [-0.05, 0) is 67.8 Å². The third kappa shape index (κ3) is 8.77. The standard InChI is InChI=1S/C31H41FN4O5S/c1-3-6-24(37)21-35-16-12-22(13-17-35)34-27-8-4-9-29-26(27)19-23(36(29)18-14-32)7-5-15-33-28-11-10-25(42-2)20-30(28)41-31(38,39)40/h4,8-11,19-20,22,24,33-34,37-40H,3,6,12-18,21H2,1-2H3. The molecule has 1 aliphatic rings. The van der Waals surface area contributed by atoms with Gasteiger partial charge in [0.2, 0.25) is 0 Å². The highest BCUT2D eigenvalue weighted by atomic mass is 32.2. The van der Waals surface area contributed by atoms with E-state index in [0.29, 0.717) is 17.4 Å². The second-order valence-electron chi connectivity index (χ2n) is 10.5. The van der Waals surface area contributed by atoms with Crippen molar-refractivity contribution in [1.29, 1.82) is 0 Å². The monoisotopic (exact) mass is 600 g/mol. The zero-order valence-electron chi connectivity index (χ0n) is 24.1. The van der Waals surface area contributed by atoms with E-state index in [1.165, 1.54) is 11.8 Å². The van der Waals surface area contributed by atoms with Crippen LogP contribution in [0.2, 0.25) is 0 Å². The van der Waals surface area contributed by atoms with Gasteiger partial charge in [0.25, 0.3) is 0 Å². The van der Waals surface area contributed by atoms with E-state index in [0.717, 1.165) is 66.8 Å². The highest BCUT2D eigenvalue weighted by Gasteiger charge is 2.23. The van der Waals surface area contributed by atoms with Crippen LogP contribution >= 0.6 is 11.8 Å². The Labute approximate surface area is 250 Å². The number of thioether (sulfide) groups is 1. The molecular weight excluding hydrogens is 559 g/mol. The Kier molecular flexibility index (Phi) is 11.4. The van der Waals surface area contributed by atoms with E-state index in [-0.39, 0.29) is 24.9 Å². The number of fused-ring (bicyclic) bond motifs is 1. The maximum atomic E-state index is 13.6. The fraction of sp³-hybridized carbons (Fsp3) is 0.484. The molecule has 1 saturated heterocycles. The number of β-amino-alcohol motifs (C(OH)–C–C–N with tert-alkyl or cyclic N) is 1. The Hall–Kier alpha value is -2.98. The second-order valence-corrected chi connectivity index (χ2v) is 11.3. The highest BCUT2D eigenvalue weighted by molar-refractivity contribution is 7.98. The molecular formula is C31H41FN4O5S. The van der Waals surface area contributed by atoms with Gasteiger partial charge in [0.05, 0.1) is 36.1 Å². The molecule has 9 nitrogen and oxygen atoms in total. The van der Waals surface area contributed by atoms with E-state index >= 15 is 0 Å². The summed E-state index contributed by atoms with van der Waals surface area (Å²) in [6.45, 7) is 4.53. The number of anilines is 2. The summed E-state index contributed by atoms with van der Waals surface area (Å²) >= 11 is 1.44. The van der Waals surface area contributed by atoms with E-state index in [1.54, 1.807) is 12.1 Å². The molecule has 1 aliphatic heterocycles. The maximum Gasteiger partial charge on any atom is 0.453 e. The van der Waals surface area contributed by atoms with Gasteiger partial charge in [-0.25, -0.2) is 4.39 Å². The summed E-state index contributed by atoms with van der Waals surface area (Å²) in [5.74, 6) is 6.26. The number of aliphatic hydroxyl groups is 4. The van der Waals surface area contributed by atoms with E-state index in [1.807, 2.05) is 41.2 Å². The predicted molar refractivity (Wildman–Crippen MR) is 166 cm³/mol. The first-order valence-electron chi connectivity index (χ1n) is 14.3. The fourth-order valence-electron chi connectivity index (χ4n) is 5.32. The van der Waals surface area contributed by atoms with Crippen LogP contribution in [0, 0.1) is 11.8 Å². The lowest BCUT2D eigenvalue weighted by Crippen LogP contribution is -2.42. The van der Waals surface area contributed by atoms with Gasteiger partial charge in [0, 0.05) is 41.6 Å². The first kappa shape index (κ1) is 31.9. The van der Waals surface area contributed by atoms with Gasteiger partial charge in [0.15, 0.2) is 5.75 Å². The van der Waals surface area contributed by atoms with Crippen LogP contribution in [0.15, 0.2) is 47.4 Å². The lowest BCUT2D eigenvalue weighted by atomic mass is 10.0. The number of aryl methyl sites for hydroxylation is 1. The molecule has 2 heterocycles. The van der Waals surface area contributed by atoms with Crippen molar-refractivity contribution in [2.75, 3.05) is 49.7 Å². The summed E-state index contributed by atoms with van der Waals surface area (Å²) in [4.78, 5) is 3.14. The van der Waals surface area contributed by atoms with Gasteiger partial charge in [-0.15, -0.1) is 11.8 Å². The van der Waals surface area contributed by atoms with Crippen molar-refractivity contribution in [3.63, 3.8) is 0 Å². The highest BCUT2D eigenvalue weighted by Crippen LogP contribution is 2.32. The summed E-state index contributed by atoms with van der Waals surface area (Å²) in [5.41, 5.74) is 3.01. The Balaban J connectivity index is 1.46. The number of nitrogens with one attached hydrogen (secondary N) is 2. The van der Waals surface area contributed by atoms with Crippen molar-refractivity contribution < 1.29 is 29.6 Å². The van der Waals surface area contributed by atoms with Crippen LogP contribution in [0.1, 0.15) is 38.3 Å². The maximum absolute atomic E-state index is 13.6. The molecule has 0 bridgehead atoms. The number of alkyl halides is 1.